The van der Waals surface area contributed by atoms with Crippen LogP contribution < -0.4 is 5.32 Å². The van der Waals surface area contributed by atoms with Crippen LogP contribution in [0, 0.1) is 6.92 Å². The van der Waals surface area contributed by atoms with Gasteiger partial charge in [0.25, 0.3) is 0 Å². The summed E-state index contributed by atoms with van der Waals surface area (Å²) in [6.07, 6.45) is 3.46. The van der Waals surface area contributed by atoms with Crippen LogP contribution in [-0.2, 0) is 12.8 Å². The molecule has 20 heavy (non-hydrogen) atoms. The highest BCUT2D eigenvalue weighted by Crippen LogP contribution is 2.24. The Morgan fingerprint density at radius 3 is 2.65 bits per heavy atom. The lowest BCUT2D eigenvalue weighted by molar-refractivity contribution is 0.493. The van der Waals surface area contributed by atoms with Gasteiger partial charge in [0.05, 0.1) is 3.79 Å². The molecule has 3 heteroatoms. The summed E-state index contributed by atoms with van der Waals surface area (Å²) in [5, 5.41) is 3.62. The number of thiophene rings is 1. The van der Waals surface area contributed by atoms with Crippen LogP contribution in [0.3, 0.4) is 0 Å². The maximum Gasteiger partial charge on any atom is 0.0701 e. The van der Waals surface area contributed by atoms with Crippen LogP contribution in [0.1, 0.15) is 29.3 Å². The molecule has 1 N–H and O–H groups in total. The molecule has 0 fully saturated rings. The van der Waals surface area contributed by atoms with Gasteiger partial charge in [0.2, 0.25) is 0 Å². The second-order valence-electron chi connectivity index (χ2n) is 5.13. The molecule has 0 saturated heterocycles. The summed E-state index contributed by atoms with van der Waals surface area (Å²) >= 11 is 5.39. The van der Waals surface area contributed by atoms with E-state index in [4.69, 9.17) is 0 Å². The summed E-state index contributed by atoms with van der Waals surface area (Å²) in [7, 11) is 0. The minimum atomic E-state index is 0.560. The van der Waals surface area contributed by atoms with Gasteiger partial charge < -0.3 is 5.32 Å². The predicted octanol–water partition coefficient (Wildman–Crippen LogP) is 4.97. The van der Waals surface area contributed by atoms with E-state index in [1.807, 2.05) is 11.3 Å². The first-order valence-corrected chi connectivity index (χ1v) is 8.82. The lowest BCUT2D eigenvalue weighted by Gasteiger charge is -2.17. The van der Waals surface area contributed by atoms with E-state index >= 15 is 0 Å². The van der Waals surface area contributed by atoms with E-state index < -0.39 is 0 Å². The molecular weight excluding hydrogens is 330 g/mol. The maximum atomic E-state index is 3.62. The smallest absolute Gasteiger partial charge is 0.0701 e. The van der Waals surface area contributed by atoms with Crippen LogP contribution in [0.25, 0.3) is 0 Å². The fourth-order valence-corrected chi connectivity index (χ4v) is 4.05. The third-order valence-corrected chi connectivity index (χ3v) is 5.24. The Hall–Kier alpha value is -0.640. The quantitative estimate of drug-likeness (QED) is 0.742. The number of hydrogen-bond acceptors (Lipinski definition) is 2. The maximum absolute atomic E-state index is 3.62. The van der Waals surface area contributed by atoms with Gasteiger partial charge in [-0.05, 0) is 71.9 Å². The molecule has 0 aliphatic carbocycles. The second kappa shape index (κ2) is 7.96. The van der Waals surface area contributed by atoms with Gasteiger partial charge in [-0.15, -0.1) is 11.3 Å². The first kappa shape index (κ1) is 15.7. The van der Waals surface area contributed by atoms with Crippen LogP contribution >= 0.6 is 27.3 Å². The zero-order valence-corrected chi connectivity index (χ0v) is 14.6. The largest absolute Gasteiger partial charge is 0.314 e. The molecule has 1 heterocycles. The number of halogens is 1. The van der Waals surface area contributed by atoms with Crippen molar-refractivity contribution in [2.24, 2.45) is 0 Å². The Morgan fingerprint density at radius 1 is 1.20 bits per heavy atom. The van der Waals surface area contributed by atoms with Crippen LogP contribution in [0.5, 0.6) is 0 Å². The van der Waals surface area contributed by atoms with Gasteiger partial charge in [-0.1, -0.05) is 31.2 Å². The average molecular weight is 352 g/mol. The monoisotopic (exact) mass is 351 g/mol. The highest BCUT2D eigenvalue weighted by atomic mass is 79.9. The number of aryl methyl sites for hydroxylation is 2. The lowest BCUT2D eigenvalue weighted by Crippen LogP contribution is -2.31. The second-order valence-corrected chi connectivity index (χ2v) is 7.68. The fraction of sp³-hybridized carbons (Fsp3) is 0.412. The topological polar surface area (TPSA) is 12.0 Å². The highest BCUT2D eigenvalue weighted by Gasteiger charge is 2.11. The van der Waals surface area contributed by atoms with Gasteiger partial charge in [0.1, 0.15) is 0 Å². The number of likely N-dealkylation sites (N-methyl/N-ethyl adjacent to an activating group) is 1. The first-order chi connectivity index (χ1) is 9.69. The summed E-state index contributed by atoms with van der Waals surface area (Å²) in [4.78, 5) is 1.45. The molecule has 1 atom stereocenters. The van der Waals surface area contributed by atoms with Crippen molar-refractivity contribution in [1.82, 2.24) is 5.32 Å². The van der Waals surface area contributed by atoms with Gasteiger partial charge >= 0.3 is 0 Å². The molecule has 0 amide bonds. The van der Waals surface area contributed by atoms with E-state index in [2.05, 4.69) is 71.5 Å². The van der Waals surface area contributed by atoms with Crippen molar-refractivity contribution in [2.75, 3.05) is 6.54 Å². The van der Waals surface area contributed by atoms with Gasteiger partial charge in [-0.25, -0.2) is 0 Å². The molecule has 1 unspecified atom stereocenters. The van der Waals surface area contributed by atoms with Crippen molar-refractivity contribution in [3.05, 3.63) is 56.2 Å². The molecule has 0 spiro atoms. The van der Waals surface area contributed by atoms with E-state index in [-0.39, 0.29) is 0 Å². The Bertz CT molecular complexity index is 535. The molecule has 108 valence electrons. The standard InChI is InChI=1S/C17H22BrNS/c1-3-19-15(12-16-10-11-17(18)20-16)9-8-14-7-5-4-6-13(14)2/h4-7,10-11,15,19H,3,8-9,12H2,1-2H3. The Labute approximate surface area is 134 Å². The van der Waals surface area contributed by atoms with Crippen molar-refractivity contribution >= 4 is 27.3 Å². The van der Waals surface area contributed by atoms with Crippen LogP contribution in [0.15, 0.2) is 40.2 Å². The summed E-state index contributed by atoms with van der Waals surface area (Å²) in [5.41, 5.74) is 2.88. The van der Waals surface area contributed by atoms with E-state index in [1.165, 1.54) is 26.2 Å². The summed E-state index contributed by atoms with van der Waals surface area (Å²) in [5.74, 6) is 0. The van der Waals surface area contributed by atoms with E-state index in [9.17, 15) is 0 Å². The molecule has 0 bridgehead atoms. The van der Waals surface area contributed by atoms with E-state index in [0.717, 1.165) is 19.4 Å². The van der Waals surface area contributed by atoms with Crippen LogP contribution in [0.4, 0.5) is 0 Å². The minimum Gasteiger partial charge on any atom is -0.314 e. The molecule has 0 aliphatic rings. The average Bonchev–Trinajstić information content (AvgIpc) is 2.83. The van der Waals surface area contributed by atoms with Crippen LogP contribution in [0.2, 0.25) is 0 Å². The van der Waals surface area contributed by atoms with Gasteiger partial charge in [-0.2, -0.15) is 0 Å². The lowest BCUT2D eigenvalue weighted by atomic mass is 9.99. The summed E-state index contributed by atoms with van der Waals surface area (Å²) in [6.45, 7) is 5.42. The number of rotatable bonds is 7. The molecule has 2 aromatic rings. The highest BCUT2D eigenvalue weighted by molar-refractivity contribution is 9.11. The van der Waals surface area contributed by atoms with Crippen molar-refractivity contribution < 1.29 is 0 Å². The third kappa shape index (κ3) is 4.72. The van der Waals surface area contributed by atoms with E-state index in [1.54, 1.807) is 0 Å². The van der Waals surface area contributed by atoms with Crippen molar-refractivity contribution in [3.8, 4) is 0 Å². The minimum absolute atomic E-state index is 0.560. The van der Waals surface area contributed by atoms with Crippen molar-refractivity contribution in [2.45, 2.75) is 39.2 Å². The molecule has 0 aliphatic heterocycles. The van der Waals surface area contributed by atoms with Gasteiger partial charge in [0, 0.05) is 10.9 Å². The molecule has 1 aromatic heterocycles. The molecular formula is C17H22BrNS. The Kier molecular flexibility index (Phi) is 6.27. The predicted molar refractivity (Wildman–Crippen MR) is 92.7 cm³/mol. The molecule has 0 saturated carbocycles. The normalized spacial score (nSPS) is 12.6. The number of benzene rings is 1. The van der Waals surface area contributed by atoms with Gasteiger partial charge in [-0.3, -0.25) is 0 Å². The zero-order chi connectivity index (χ0) is 14.4. The zero-order valence-electron chi connectivity index (χ0n) is 12.2. The summed E-state index contributed by atoms with van der Waals surface area (Å²) < 4.78 is 1.22. The first-order valence-electron chi connectivity index (χ1n) is 7.21. The van der Waals surface area contributed by atoms with Crippen molar-refractivity contribution in [1.29, 1.82) is 0 Å². The fourth-order valence-electron chi connectivity index (χ4n) is 2.49. The number of nitrogens with one attached hydrogen (secondary N) is 1. The Balaban J connectivity index is 1.94. The molecule has 0 radical (unpaired) electrons. The van der Waals surface area contributed by atoms with Crippen LogP contribution in [-0.4, -0.2) is 12.6 Å². The number of hydrogen-bond donors (Lipinski definition) is 1. The Morgan fingerprint density at radius 2 is 2.00 bits per heavy atom. The van der Waals surface area contributed by atoms with Crippen molar-refractivity contribution in [3.63, 3.8) is 0 Å². The molecule has 2 rings (SSSR count). The van der Waals surface area contributed by atoms with Gasteiger partial charge in [0.15, 0.2) is 0 Å². The van der Waals surface area contributed by atoms with E-state index in [0.29, 0.717) is 6.04 Å². The molecule has 1 aromatic carbocycles. The summed E-state index contributed by atoms with van der Waals surface area (Å²) in [6, 6.07) is 13.6. The SMILES string of the molecule is CCNC(CCc1ccccc1C)Cc1ccc(Br)s1. The third-order valence-electron chi connectivity index (χ3n) is 3.59. The molecule has 1 nitrogen and oxygen atoms in total.